The lowest BCUT2D eigenvalue weighted by molar-refractivity contribution is 0.201. The number of nitrogens with zero attached hydrogens (tertiary/aromatic N) is 4. The number of hydrogen-bond acceptors (Lipinski definition) is 4. The summed E-state index contributed by atoms with van der Waals surface area (Å²) < 4.78 is 1.75. The Bertz CT molecular complexity index is 683. The summed E-state index contributed by atoms with van der Waals surface area (Å²) in [7, 11) is 0. The third-order valence-electron chi connectivity index (χ3n) is 3.79. The van der Waals surface area contributed by atoms with Gasteiger partial charge in [0.1, 0.15) is 5.82 Å². The van der Waals surface area contributed by atoms with E-state index in [1.54, 1.807) is 17.1 Å². The molecular weight excluding hydrogens is 284 g/mol. The second kappa shape index (κ2) is 6.15. The highest BCUT2D eigenvalue weighted by Crippen LogP contribution is 2.25. The molecule has 3 rings (SSSR count). The zero-order valence-electron chi connectivity index (χ0n) is 12.1. The molecule has 0 aliphatic carbocycles. The molecule has 0 aromatic carbocycles. The average Bonchev–Trinajstić information content (AvgIpc) is 3.00. The van der Waals surface area contributed by atoms with Gasteiger partial charge >= 0.3 is 6.09 Å². The number of aromatic nitrogens is 3. The van der Waals surface area contributed by atoms with Crippen molar-refractivity contribution in [3.05, 3.63) is 41.3 Å². The summed E-state index contributed by atoms with van der Waals surface area (Å²) in [6, 6.07) is 3.91. The first-order valence-corrected chi connectivity index (χ1v) is 7.29. The monoisotopic (exact) mass is 302 g/mol. The highest BCUT2D eigenvalue weighted by Gasteiger charge is 2.23. The van der Waals surface area contributed by atoms with E-state index in [9.17, 15) is 9.90 Å². The molecule has 1 aliphatic heterocycles. The molecule has 0 unspecified atom stereocenters. The smallest absolute Gasteiger partial charge is 0.413 e. The van der Waals surface area contributed by atoms with E-state index >= 15 is 0 Å². The minimum absolute atomic E-state index is 0.0231. The summed E-state index contributed by atoms with van der Waals surface area (Å²) in [5.74, 6) is 0.563. The molecule has 0 spiro atoms. The van der Waals surface area contributed by atoms with Crippen molar-refractivity contribution in [2.45, 2.75) is 32.4 Å². The van der Waals surface area contributed by atoms with E-state index in [-0.39, 0.29) is 6.61 Å². The van der Waals surface area contributed by atoms with Gasteiger partial charge in [-0.25, -0.2) is 9.78 Å². The summed E-state index contributed by atoms with van der Waals surface area (Å²) in [5, 5.41) is 22.4. The van der Waals surface area contributed by atoms with Gasteiger partial charge in [0.15, 0.2) is 0 Å². The molecule has 0 radical (unpaired) electrons. The van der Waals surface area contributed by atoms with Gasteiger partial charge in [0.2, 0.25) is 0 Å². The molecule has 0 atom stereocenters. The van der Waals surface area contributed by atoms with Crippen LogP contribution in [0.3, 0.4) is 0 Å². The van der Waals surface area contributed by atoms with Crippen LogP contribution in [0.1, 0.15) is 23.2 Å². The van der Waals surface area contributed by atoms with E-state index in [1.807, 2.05) is 12.1 Å². The van der Waals surface area contributed by atoms with E-state index in [2.05, 4.69) is 10.1 Å². The van der Waals surface area contributed by atoms with Gasteiger partial charge in [-0.15, -0.1) is 0 Å². The van der Waals surface area contributed by atoms with E-state index in [4.69, 9.17) is 5.11 Å². The Morgan fingerprint density at radius 1 is 1.36 bits per heavy atom. The van der Waals surface area contributed by atoms with Crippen molar-refractivity contribution in [1.82, 2.24) is 14.8 Å². The molecule has 1 aliphatic rings. The molecule has 7 heteroatoms. The number of aliphatic hydroxyl groups is 1. The maximum absolute atomic E-state index is 11.3. The molecule has 2 aromatic rings. The Kier molecular flexibility index (Phi) is 4.06. The number of hydrogen-bond donors (Lipinski definition) is 2. The van der Waals surface area contributed by atoms with Crippen molar-refractivity contribution in [1.29, 1.82) is 0 Å². The van der Waals surface area contributed by atoms with E-state index < -0.39 is 6.09 Å². The van der Waals surface area contributed by atoms with Crippen LogP contribution in [0.25, 0.3) is 0 Å². The fourth-order valence-corrected chi connectivity index (χ4v) is 2.64. The van der Waals surface area contributed by atoms with Gasteiger partial charge in [-0.05, 0) is 24.5 Å². The lowest BCUT2D eigenvalue weighted by Gasteiger charge is -2.26. The van der Waals surface area contributed by atoms with Crippen molar-refractivity contribution in [2.75, 3.05) is 11.4 Å². The third-order valence-corrected chi connectivity index (χ3v) is 3.79. The SMILES string of the molecule is O=C(O)N1CCCc2ccc(CCn3cc(CO)cn3)nc21. The Morgan fingerprint density at radius 2 is 2.23 bits per heavy atom. The summed E-state index contributed by atoms with van der Waals surface area (Å²) in [5.41, 5.74) is 2.60. The average molecular weight is 302 g/mol. The van der Waals surface area contributed by atoms with Gasteiger partial charge in [-0.2, -0.15) is 5.10 Å². The number of carboxylic acid groups (broad SMARTS) is 1. The van der Waals surface area contributed by atoms with Gasteiger partial charge in [0.25, 0.3) is 0 Å². The fourth-order valence-electron chi connectivity index (χ4n) is 2.64. The molecule has 2 N–H and O–H groups in total. The van der Waals surface area contributed by atoms with Gasteiger partial charge in [0.05, 0.1) is 12.8 Å². The number of aryl methyl sites for hydroxylation is 3. The zero-order valence-corrected chi connectivity index (χ0v) is 12.1. The zero-order chi connectivity index (χ0) is 15.5. The Balaban J connectivity index is 1.75. The molecule has 1 amide bonds. The van der Waals surface area contributed by atoms with Crippen molar-refractivity contribution < 1.29 is 15.0 Å². The van der Waals surface area contributed by atoms with Crippen LogP contribution >= 0.6 is 0 Å². The first kappa shape index (κ1) is 14.5. The largest absolute Gasteiger partial charge is 0.465 e. The summed E-state index contributed by atoms with van der Waals surface area (Å²) in [6.07, 6.45) is 4.83. The molecule has 0 fully saturated rings. The minimum Gasteiger partial charge on any atom is -0.465 e. The lowest BCUT2D eigenvalue weighted by atomic mass is 10.1. The quantitative estimate of drug-likeness (QED) is 0.891. The maximum atomic E-state index is 11.3. The Labute approximate surface area is 127 Å². The molecule has 0 saturated carbocycles. The summed E-state index contributed by atoms with van der Waals surface area (Å²) in [4.78, 5) is 17.1. The van der Waals surface area contributed by atoms with Crippen LogP contribution in [0.15, 0.2) is 24.5 Å². The predicted molar refractivity (Wildman–Crippen MR) is 79.8 cm³/mol. The van der Waals surface area contributed by atoms with E-state index in [0.717, 1.165) is 29.7 Å². The summed E-state index contributed by atoms with van der Waals surface area (Å²) in [6.45, 7) is 1.11. The number of aliphatic hydroxyl groups excluding tert-OH is 1. The number of anilines is 1. The maximum Gasteiger partial charge on any atom is 0.413 e. The van der Waals surface area contributed by atoms with Crippen LogP contribution in [0.5, 0.6) is 0 Å². The Hall–Kier alpha value is -2.41. The second-order valence-corrected chi connectivity index (χ2v) is 5.34. The molecule has 7 nitrogen and oxygen atoms in total. The minimum atomic E-state index is -0.953. The van der Waals surface area contributed by atoms with Crippen LogP contribution in [0, 0.1) is 0 Å². The van der Waals surface area contributed by atoms with Crippen LogP contribution in [0.4, 0.5) is 10.6 Å². The topological polar surface area (TPSA) is 91.5 Å². The van der Waals surface area contributed by atoms with Crippen molar-refractivity contribution >= 4 is 11.9 Å². The van der Waals surface area contributed by atoms with Gasteiger partial charge in [-0.1, -0.05) is 6.07 Å². The molecule has 3 heterocycles. The normalized spacial score (nSPS) is 14.0. The molecule has 0 bridgehead atoms. The van der Waals surface area contributed by atoms with Crippen LogP contribution in [-0.4, -0.2) is 37.6 Å². The molecule has 22 heavy (non-hydrogen) atoms. The van der Waals surface area contributed by atoms with Crippen LogP contribution in [0.2, 0.25) is 0 Å². The molecule has 0 saturated heterocycles. The van der Waals surface area contributed by atoms with Crippen molar-refractivity contribution in [3.8, 4) is 0 Å². The molecule has 2 aromatic heterocycles. The fraction of sp³-hybridized carbons (Fsp3) is 0.400. The van der Waals surface area contributed by atoms with Gasteiger partial charge in [0, 0.05) is 37.0 Å². The Morgan fingerprint density at radius 3 is 2.95 bits per heavy atom. The van der Waals surface area contributed by atoms with Crippen molar-refractivity contribution in [2.24, 2.45) is 0 Å². The standard InChI is InChI=1S/C15H18N4O3/c20-10-11-8-16-18(9-11)7-5-13-4-3-12-2-1-6-19(15(21)22)14(12)17-13/h3-4,8-9,20H,1-2,5-7,10H2,(H,21,22). The number of pyridine rings is 1. The highest BCUT2D eigenvalue weighted by atomic mass is 16.4. The van der Waals surface area contributed by atoms with Crippen LogP contribution < -0.4 is 4.90 Å². The number of rotatable bonds is 4. The molecular formula is C15H18N4O3. The van der Waals surface area contributed by atoms with Crippen LogP contribution in [-0.2, 0) is 26.0 Å². The molecule has 116 valence electrons. The highest BCUT2D eigenvalue weighted by molar-refractivity contribution is 5.86. The summed E-state index contributed by atoms with van der Waals surface area (Å²) >= 11 is 0. The van der Waals surface area contributed by atoms with E-state index in [0.29, 0.717) is 25.3 Å². The third kappa shape index (κ3) is 2.94. The number of amides is 1. The number of carbonyl (C=O) groups is 1. The number of fused-ring (bicyclic) bond motifs is 1. The van der Waals surface area contributed by atoms with Gasteiger partial charge < -0.3 is 10.2 Å². The van der Waals surface area contributed by atoms with Crippen molar-refractivity contribution in [3.63, 3.8) is 0 Å². The first-order valence-electron chi connectivity index (χ1n) is 7.29. The van der Waals surface area contributed by atoms with Gasteiger partial charge in [-0.3, -0.25) is 9.58 Å². The van der Waals surface area contributed by atoms with E-state index in [1.165, 1.54) is 4.90 Å². The second-order valence-electron chi connectivity index (χ2n) is 5.34. The predicted octanol–water partition coefficient (Wildman–Crippen LogP) is 1.44. The first-order chi connectivity index (χ1) is 10.7. The lowest BCUT2D eigenvalue weighted by Crippen LogP contribution is -2.35.